The molecule has 0 atom stereocenters. The van der Waals surface area contributed by atoms with E-state index in [9.17, 15) is 10.1 Å². The second kappa shape index (κ2) is 8.04. The van der Waals surface area contributed by atoms with E-state index in [-0.39, 0.29) is 6.61 Å². The molecule has 0 aliphatic carbocycles. The van der Waals surface area contributed by atoms with Crippen LogP contribution in [0.2, 0.25) is 0 Å². The van der Waals surface area contributed by atoms with E-state index >= 15 is 0 Å². The molecule has 3 aromatic rings. The molecule has 5 heteroatoms. The quantitative estimate of drug-likeness (QED) is 0.486. The van der Waals surface area contributed by atoms with Crippen LogP contribution >= 0.6 is 15.9 Å². The maximum Gasteiger partial charge on any atom is 0.355 e. The van der Waals surface area contributed by atoms with Crippen LogP contribution in [-0.4, -0.2) is 17.1 Å². The minimum Gasteiger partial charge on any atom is -0.461 e. The van der Waals surface area contributed by atoms with Crippen molar-refractivity contribution in [2.75, 3.05) is 6.61 Å². The lowest BCUT2D eigenvalue weighted by Crippen LogP contribution is -2.11. The first kappa shape index (κ1) is 19.9. The van der Waals surface area contributed by atoms with Gasteiger partial charge < -0.3 is 9.30 Å². The molecular formula is C23H21BrN2O2. The van der Waals surface area contributed by atoms with Crippen molar-refractivity contribution in [1.82, 2.24) is 4.57 Å². The van der Waals surface area contributed by atoms with E-state index < -0.39 is 5.97 Å². The third-order valence-corrected chi connectivity index (χ3v) is 5.78. The van der Waals surface area contributed by atoms with Gasteiger partial charge in [-0.1, -0.05) is 42.5 Å². The average Bonchev–Trinajstić information content (AvgIpc) is 2.93. The molecule has 0 saturated carbocycles. The van der Waals surface area contributed by atoms with Crippen molar-refractivity contribution in [3.05, 3.63) is 69.5 Å². The highest BCUT2D eigenvalue weighted by atomic mass is 79.9. The number of rotatable bonds is 4. The molecule has 0 radical (unpaired) electrons. The average molecular weight is 437 g/mol. The van der Waals surface area contributed by atoms with Crippen LogP contribution < -0.4 is 0 Å². The lowest BCUT2D eigenvalue weighted by Gasteiger charge is -2.11. The van der Waals surface area contributed by atoms with E-state index in [1.54, 1.807) is 18.5 Å². The third-order valence-electron chi connectivity index (χ3n) is 4.85. The Kier molecular flexibility index (Phi) is 5.71. The molecule has 28 heavy (non-hydrogen) atoms. The lowest BCUT2D eigenvalue weighted by atomic mass is 9.93. The van der Waals surface area contributed by atoms with Crippen molar-refractivity contribution in [2.24, 2.45) is 7.05 Å². The number of esters is 1. The SMILES string of the molecule is CCOC(=O)c1c(-c2ccc(-c3c(C)cccc3C)cc2)c(C#N)c(Br)n1C. The van der Waals surface area contributed by atoms with Crippen LogP contribution in [0.15, 0.2) is 47.1 Å². The minimum absolute atomic E-state index is 0.272. The Hall–Kier alpha value is -2.84. The fourth-order valence-corrected chi connectivity index (χ4v) is 4.01. The van der Waals surface area contributed by atoms with E-state index in [0.717, 1.165) is 11.1 Å². The summed E-state index contributed by atoms with van der Waals surface area (Å²) in [7, 11) is 1.74. The summed E-state index contributed by atoms with van der Waals surface area (Å²) in [5.41, 5.74) is 6.90. The molecule has 0 saturated heterocycles. The van der Waals surface area contributed by atoms with Crippen molar-refractivity contribution in [3.63, 3.8) is 0 Å². The highest BCUT2D eigenvalue weighted by Crippen LogP contribution is 2.37. The Labute approximate surface area is 173 Å². The molecule has 0 aliphatic rings. The van der Waals surface area contributed by atoms with Crippen LogP contribution in [0, 0.1) is 25.2 Å². The summed E-state index contributed by atoms with van der Waals surface area (Å²) in [5, 5.41) is 9.67. The van der Waals surface area contributed by atoms with Crippen molar-refractivity contribution < 1.29 is 9.53 Å². The molecule has 0 bridgehead atoms. The van der Waals surface area contributed by atoms with Crippen LogP contribution in [0.5, 0.6) is 0 Å². The summed E-state index contributed by atoms with van der Waals surface area (Å²) >= 11 is 3.43. The van der Waals surface area contributed by atoms with Gasteiger partial charge >= 0.3 is 5.97 Å². The number of halogens is 1. The van der Waals surface area contributed by atoms with E-state index in [0.29, 0.717) is 21.4 Å². The van der Waals surface area contributed by atoms with E-state index in [2.05, 4.69) is 54.0 Å². The van der Waals surface area contributed by atoms with Crippen LogP contribution in [0.4, 0.5) is 0 Å². The van der Waals surface area contributed by atoms with Crippen molar-refractivity contribution in [2.45, 2.75) is 20.8 Å². The zero-order valence-corrected chi connectivity index (χ0v) is 17.9. The number of hydrogen-bond donors (Lipinski definition) is 0. The Bertz CT molecular complexity index is 1070. The largest absolute Gasteiger partial charge is 0.461 e. The number of nitrogens with zero attached hydrogens (tertiary/aromatic N) is 2. The van der Waals surface area contributed by atoms with Gasteiger partial charge in [-0.05, 0) is 64.5 Å². The van der Waals surface area contributed by atoms with Crippen LogP contribution in [-0.2, 0) is 11.8 Å². The van der Waals surface area contributed by atoms with Crippen LogP contribution in [0.1, 0.15) is 34.1 Å². The number of nitriles is 1. The van der Waals surface area contributed by atoms with Gasteiger partial charge in [0, 0.05) is 12.6 Å². The van der Waals surface area contributed by atoms with Gasteiger partial charge in [0.25, 0.3) is 0 Å². The van der Waals surface area contributed by atoms with Gasteiger partial charge in [-0.15, -0.1) is 0 Å². The maximum absolute atomic E-state index is 12.5. The molecule has 0 amide bonds. The normalized spacial score (nSPS) is 10.6. The zero-order valence-electron chi connectivity index (χ0n) is 16.3. The molecule has 0 N–H and O–H groups in total. The van der Waals surface area contributed by atoms with Crippen LogP contribution in [0.3, 0.4) is 0 Å². The lowest BCUT2D eigenvalue weighted by molar-refractivity contribution is 0.0516. The molecule has 1 aromatic heterocycles. The number of hydrogen-bond acceptors (Lipinski definition) is 3. The maximum atomic E-state index is 12.5. The first-order valence-electron chi connectivity index (χ1n) is 9.03. The highest BCUT2D eigenvalue weighted by molar-refractivity contribution is 9.10. The second-order valence-electron chi connectivity index (χ2n) is 6.62. The van der Waals surface area contributed by atoms with Gasteiger partial charge in [-0.3, -0.25) is 0 Å². The van der Waals surface area contributed by atoms with Crippen molar-refractivity contribution >= 4 is 21.9 Å². The monoisotopic (exact) mass is 436 g/mol. The Morgan fingerprint density at radius 3 is 2.11 bits per heavy atom. The van der Waals surface area contributed by atoms with Crippen LogP contribution in [0.25, 0.3) is 22.3 Å². The summed E-state index contributed by atoms with van der Waals surface area (Å²) < 4.78 is 7.44. The zero-order chi connectivity index (χ0) is 20.4. The fourth-order valence-electron chi connectivity index (χ4n) is 3.55. The molecule has 4 nitrogen and oxygen atoms in total. The van der Waals surface area contributed by atoms with Gasteiger partial charge in [0.05, 0.1) is 12.2 Å². The number of aryl methyl sites for hydroxylation is 2. The highest BCUT2D eigenvalue weighted by Gasteiger charge is 2.26. The molecule has 0 fully saturated rings. The van der Waals surface area contributed by atoms with Crippen molar-refractivity contribution in [1.29, 1.82) is 5.26 Å². The topological polar surface area (TPSA) is 55.0 Å². The molecule has 3 rings (SSSR count). The molecule has 2 aromatic carbocycles. The van der Waals surface area contributed by atoms with Crippen molar-refractivity contribution in [3.8, 4) is 28.3 Å². The second-order valence-corrected chi connectivity index (χ2v) is 7.38. The molecular weight excluding hydrogens is 416 g/mol. The number of carbonyl (C=O) groups is 1. The Morgan fingerprint density at radius 2 is 1.61 bits per heavy atom. The predicted octanol–water partition coefficient (Wildman–Crippen LogP) is 5.79. The van der Waals surface area contributed by atoms with Gasteiger partial charge in [-0.2, -0.15) is 5.26 Å². The Balaban J connectivity index is 2.16. The first-order valence-corrected chi connectivity index (χ1v) is 9.82. The fraction of sp³-hybridized carbons (Fsp3) is 0.217. The van der Waals surface area contributed by atoms with Gasteiger partial charge in [0.15, 0.2) is 0 Å². The summed E-state index contributed by atoms with van der Waals surface area (Å²) in [6, 6.07) is 16.4. The summed E-state index contributed by atoms with van der Waals surface area (Å²) in [4.78, 5) is 12.5. The van der Waals surface area contributed by atoms with Gasteiger partial charge in [0.1, 0.15) is 16.4 Å². The molecule has 0 aliphatic heterocycles. The van der Waals surface area contributed by atoms with E-state index in [1.165, 1.54) is 16.7 Å². The van der Waals surface area contributed by atoms with Gasteiger partial charge in [0.2, 0.25) is 0 Å². The standard InChI is InChI=1S/C23H21BrN2O2/c1-5-28-23(27)21-20(18(13-25)22(24)26(21)4)17-11-9-16(10-12-17)19-14(2)7-6-8-15(19)3/h6-12H,5H2,1-4H3. The third kappa shape index (κ3) is 3.36. The molecule has 0 unspecified atom stereocenters. The Morgan fingerprint density at radius 1 is 1.07 bits per heavy atom. The van der Waals surface area contributed by atoms with Gasteiger partial charge in [-0.25, -0.2) is 4.79 Å². The number of benzene rings is 2. The number of ether oxygens (including phenoxy) is 1. The smallest absolute Gasteiger partial charge is 0.355 e. The number of carbonyl (C=O) groups excluding carboxylic acids is 1. The molecule has 1 heterocycles. The summed E-state index contributed by atoms with van der Waals surface area (Å²) in [6.45, 7) is 6.23. The van der Waals surface area contributed by atoms with E-state index in [1.807, 2.05) is 24.3 Å². The predicted molar refractivity (Wildman–Crippen MR) is 114 cm³/mol. The minimum atomic E-state index is -0.443. The van der Waals surface area contributed by atoms with E-state index in [4.69, 9.17) is 4.74 Å². The summed E-state index contributed by atoms with van der Waals surface area (Å²) in [5.74, 6) is -0.443. The first-order chi connectivity index (χ1) is 13.4. The molecule has 142 valence electrons. The molecule has 0 spiro atoms. The number of aromatic nitrogens is 1. The summed E-state index contributed by atoms with van der Waals surface area (Å²) in [6.07, 6.45) is 0.